The minimum Gasteiger partial charge on any atom is -0.370 e. The maximum Gasteiger partial charge on any atom is 0.133 e. The Kier molecular flexibility index (Phi) is 4.17. The summed E-state index contributed by atoms with van der Waals surface area (Å²) in [5, 5.41) is 3.33. The predicted molar refractivity (Wildman–Crippen MR) is 71.2 cm³/mol. The number of aromatic nitrogens is 4. The Morgan fingerprint density at radius 2 is 1.83 bits per heavy atom. The van der Waals surface area contributed by atoms with Crippen molar-refractivity contribution in [2.75, 3.05) is 11.9 Å². The first kappa shape index (κ1) is 12.4. The van der Waals surface area contributed by atoms with Crippen LogP contribution in [-0.2, 0) is 6.42 Å². The van der Waals surface area contributed by atoms with Gasteiger partial charge in [-0.25, -0.2) is 19.9 Å². The van der Waals surface area contributed by atoms with Gasteiger partial charge < -0.3 is 5.32 Å². The minimum atomic E-state index is 0.872. The van der Waals surface area contributed by atoms with Crippen molar-refractivity contribution in [2.45, 2.75) is 26.7 Å². The average molecular weight is 243 g/mol. The highest BCUT2D eigenvalue weighted by Gasteiger charge is 2.11. The zero-order valence-corrected chi connectivity index (χ0v) is 10.7. The molecule has 0 aromatic carbocycles. The Balaban J connectivity index is 2.41. The molecule has 94 valence electrons. The maximum atomic E-state index is 4.36. The molecule has 0 radical (unpaired) electrons. The van der Waals surface area contributed by atoms with Crippen LogP contribution in [0.3, 0.4) is 0 Å². The molecule has 5 nitrogen and oxygen atoms in total. The van der Waals surface area contributed by atoms with E-state index < -0.39 is 0 Å². The molecule has 5 heteroatoms. The Hall–Kier alpha value is -2.04. The third kappa shape index (κ3) is 2.61. The molecule has 0 fully saturated rings. The molecule has 0 atom stereocenters. The van der Waals surface area contributed by atoms with Crippen LogP contribution in [0, 0.1) is 0 Å². The van der Waals surface area contributed by atoms with Crippen LogP contribution in [0.15, 0.2) is 25.0 Å². The van der Waals surface area contributed by atoms with Gasteiger partial charge in [-0.2, -0.15) is 0 Å². The summed E-state index contributed by atoms with van der Waals surface area (Å²) in [7, 11) is 0. The van der Waals surface area contributed by atoms with Crippen molar-refractivity contribution in [3.05, 3.63) is 30.6 Å². The van der Waals surface area contributed by atoms with Gasteiger partial charge in [0.2, 0.25) is 0 Å². The number of hydrogen-bond donors (Lipinski definition) is 1. The van der Waals surface area contributed by atoms with E-state index in [1.807, 2.05) is 0 Å². The first-order chi connectivity index (χ1) is 8.86. The van der Waals surface area contributed by atoms with E-state index in [-0.39, 0.29) is 0 Å². The minimum absolute atomic E-state index is 0.872. The molecule has 0 aliphatic heterocycles. The summed E-state index contributed by atoms with van der Waals surface area (Å²) in [4.78, 5) is 16.7. The fourth-order valence-corrected chi connectivity index (χ4v) is 1.81. The first-order valence-corrected chi connectivity index (χ1v) is 6.20. The standard InChI is InChI=1S/C13H17N5/c1-3-5-16-13-11(4-2)12(17-9-18-13)10-6-14-8-15-7-10/h6-9H,3-5H2,1-2H3,(H,16,17,18). The fourth-order valence-electron chi connectivity index (χ4n) is 1.81. The maximum absolute atomic E-state index is 4.36. The van der Waals surface area contributed by atoms with E-state index in [9.17, 15) is 0 Å². The van der Waals surface area contributed by atoms with Crippen LogP contribution in [0.5, 0.6) is 0 Å². The quantitative estimate of drug-likeness (QED) is 0.873. The van der Waals surface area contributed by atoms with Crippen molar-refractivity contribution in [3.8, 4) is 11.3 Å². The molecule has 0 aliphatic carbocycles. The summed E-state index contributed by atoms with van der Waals surface area (Å²) >= 11 is 0. The van der Waals surface area contributed by atoms with E-state index in [1.54, 1.807) is 18.7 Å². The highest BCUT2D eigenvalue weighted by atomic mass is 15.0. The predicted octanol–water partition coefficient (Wildman–Crippen LogP) is 2.32. The van der Waals surface area contributed by atoms with Crippen molar-refractivity contribution in [3.63, 3.8) is 0 Å². The Labute approximate surface area is 107 Å². The van der Waals surface area contributed by atoms with Crippen molar-refractivity contribution >= 4 is 5.82 Å². The Morgan fingerprint density at radius 3 is 2.50 bits per heavy atom. The average Bonchev–Trinajstić information content (AvgIpc) is 2.45. The van der Waals surface area contributed by atoms with E-state index in [4.69, 9.17) is 0 Å². The molecule has 1 N–H and O–H groups in total. The van der Waals surface area contributed by atoms with Gasteiger partial charge >= 0.3 is 0 Å². The van der Waals surface area contributed by atoms with E-state index in [1.165, 1.54) is 6.33 Å². The van der Waals surface area contributed by atoms with Crippen molar-refractivity contribution in [2.24, 2.45) is 0 Å². The first-order valence-electron chi connectivity index (χ1n) is 6.20. The van der Waals surface area contributed by atoms with Crippen LogP contribution >= 0.6 is 0 Å². The van der Waals surface area contributed by atoms with Gasteiger partial charge in [-0.05, 0) is 12.8 Å². The van der Waals surface area contributed by atoms with E-state index in [0.29, 0.717) is 0 Å². The summed E-state index contributed by atoms with van der Waals surface area (Å²) < 4.78 is 0. The molecule has 0 unspecified atom stereocenters. The van der Waals surface area contributed by atoms with Gasteiger partial charge in [0.25, 0.3) is 0 Å². The molecule has 0 spiro atoms. The highest BCUT2D eigenvalue weighted by Crippen LogP contribution is 2.24. The van der Waals surface area contributed by atoms with Crippen LogP contribution in [0.4, 0.5) is 5.82 Å². The molecule has 0 aliphatic rings. The molecule has 2 heterocycles. The number of nitrogens with zero attached hydrogens (tertiary/aromatic N) is 4. The summed E-state index contributed by atoms with van der Waals surface area (Å²) in [6, 6.07) is 0. The van der Waals surface area contributed by atoms with Crippen molar-refractivity contribution < 1.29 is 0 Å². The molecule has 0 saturated carbocycles. The molecular weight excluding hydrogens is 226 g/mol. The van der Waals surface area contributed by atoms with Gasteiger partial charge in [-0.15, -0.1) is 0 Å². The Morgan fingerprint density at radius 1 is 1.06 bits per heavy atom. The molecule has 18 heavy (non-hydrogen) atoms. The number of anilines is 1. The lowest BCUT2D eigenvalue weighted by Gasteiger charge is -2.12. The van der Waals surface area contributed by atoms with Crippen LogP contribution < -0.4 is 5.32 Å². The third-order valence-electron chi connectivity index (χ3n) is 2.68. The van der Waals surface area contributed by atoms with Crippen molar-refractivity contribution in [1.29, 1.82) is 0 Å². The van der Waals surface area contributed by atoms with Crippen LogP contribution in [0.1, 0.15) is 25.8 Å². The number of nitrogens with one attached hydrogen (secondary N) is 1. The van der Waals surface area contributed by atoms with Crippen LogP contribution in [0.25, 0.3) is 11.3 Å². The molecular formula is C13H17N5. The highest BCUT2D eigenvalue weighted by molar-refractivity contribution is 5.66. The van der Waals surface area contributed by atoms with Gasteiger partial charge in [0.15, 0.2) is 0 Å². The number of hydrogen-bond acceptors (Lipinski definition) is 5. The van der Waals surface area contributed by atoms with Crippen LogP contribution in [0.2, 0.25) is 0 Å². The molecule has 0 bridgehead atoms. The number of rotatable bonds is 5. The van der Waals surface area contributed by atoms with Gasteiger partial charge in [-0.1, -0.05) is 13.8 Å². The second-order valence-electron chi connectivity index (χ2n) is 3.96. The Bertz CT molecular complexity index is 498. The smallest absolute Gasteiger partial charge is 0.133 e. The van der Waals surface area contributed by atoms with Gasteiger partial charge in [-0.3, -0.25) is 0 Å². The lowest BCUT2D eigenvalue weighted by atomic mass is 10.1. The molecule has 0 amide bonds. The SMILES string of the molecule is CCCNc1ncnc(-c2cncnc2)c1CC. The van der Waals surface area contributed by atoms with Gasteiger partial charge in [0.1, 0.15) is 18.5 Å². The van der Waals surface area contributed by atoms with Gasteiger partial charge in [0.05, 0.1) is 5.69 Å². The molecule has 2 aromatic heterocycles. The summed E-state index contributed by atoms with van der Waals surface area (Å²) in [5.41, 5.74) is 2.95. The topological polar surface area (TPSA) is 63.6 Å². The van der Waals surface area contributed by atoms with Gasteiger partial charge in [0, 0.05) is 30.1 Å². The third-order valence-corrected chi connectivity index (χ3v) is 2.68. The molecule has 2 aromatic rings. The summed E-state index contributed by atoms with van der Waals surface area (Å²) in [6.45, 7) is 5.14. The zero-order valence-electron chi connectivity index (χ0n) is 10.7. The largest absolute Gasteiger partial charge is 0.370 e. The zero-order chi connectivity index (χ0) is 12.8. The lowest BCUT2D eigenvalue weighted by Crippen LogP contribution is -2.07. The van der Waals surface area contributed by atoms with E-state index >= 15 is 0 Å². The molecule has 2 rings (SSSR count). The second kappa shape index (κ2) is 6.05. The normalized spacial score (nSPS) is 10.3. The summed E-state index contributed by atoms with van der Waals surface area (Å²) in [5.74, 6) is 0.910. The molecule has 0 saturated heterocycles. The fraction of sp³-hybridized carbons (Fsp3) is 0.385. The lowest BCUT2D eigenvalue weighted by molar-refractivity contribution is 0.949. The monoisotopic (exact) mass is 243 g/mol. The van der Waals surface area contributed by atoms with E-state index in [0.717, 1.165) is 42.0 Å². The summed E-state index contributed by atoms with van der Waals surface area (Å²) in [6.07, 6.45) is 8.59. The van der Waals surface area contributed by atoms with Crippen LogP contribution in [-0.4, -0.2) is 26.5 Å². The van der Waals surface area contributed by atoms with E-state index in [2.05, 4.69) is 39.1 Å². The second-order valence-corrected chi connectivity index (χ2v) is 3.96. The van der Waals surface area contributed by atoms with Crippen molar-refractivity contribution in [1.82, 2.24) is 19.9 Å².